The topological polar surface area (TPSA) is 74.2 Å². The van der Waals surface area contributed by atoms with Gasteiger partial charge in [0.1, 0.15) is 0 Å². The molecule has 0 aliphatic carbocycles. The third-order valence-electron chi connectivity index (χ3n) is 3.44. The Hall–Kier alpha value is -2.68. The minimum atomic E-state index is -0.526. The third-order valence-corrected chi connectivity index (χ3v) is 4.24. The first-order valence-corrected chi connectivity index (χ1v) is 8.69. The zero-order valence-electron chi connectivity index (χ0n) is 14.0. The molecule has 0 amide bonds. The van der Waals surface area contributed by atoms with Crippen LogP contribution in [0.2, 0.25) is 0 Å². The number of halogens is 1. The van der Waals surface area contributed by atoms with Gasteiger partial charge >= 0.3 is 11.9 Å². The van der Waals surface area contributed by atoms with Crippen molar-refractivity contribution in [1.82, 2.24) is 0 Å². The number of carbonyl (C=O) groups excluding carboxylic acids is 2. The number of hydrogen-bond acceptors (Lipinski definition) is 6. The van der Waals surface area contributed by atoms with Gasteiger partial charge in [0.15, 0.2) is 17.2 Å². The first-order chi connectivity index (χ1) is 12.5. The smallest absolute Gasteiger partial charge is 0.363 e. The van der Waals surface area contributed by atoms with Crippen molar-refractivity contribution in [2.24, 2.45) is 4.99 Å². The van der Waals surface area contributed by atoms with Crippen LogP contribution in [-0.2, 0) is 14.3 Å². The van der Waals surface area contributed by atoms with Gasteiger partial charge in [-0.15, -0.1) is 0 Å². The molecule has 7 heteroatoms. The lowest BCUT2D eigenvalue weighted by Crippen LogP contribution is -2.05. The summed E-state index contributed by atoms with van der Waals surface area (Å²) in [6, 6.07) is 12.6. The second-order valence-corrected chi connectivity index (χ2v) is 6.49. The summed E-state index contributed by atoms with van der Waals surface area (Å²) in [6.07, 6.45) is 1.60. The maximum Gasteiger partial charge on any atom is 0.363 e. The Morgan fingerprint density at radius 3 is 2.62 bits per heavy atom. The highest BCUT2D eigenvalue weighted by atomic mass is 127. The molecule has 0 N–H and O–H groups in total. The molecule has 0 saturated heterocycles. The maximum atomic E-state index is 12.1. The molecule has 0 bridgehead atoms. The molecule has 0 atom stereocenters. The molecule has 2 aromatic rings. The molecule has 0 radical (unpaired) electrons. The zero-order valence-corrected chi connectivity index (χ0v) is 16.1. The van der Waals surface area contributed by atoms with E-state index < -0.39 is 11.9 Å². The van der Waals surface area contributed by atoms with E-state index in [0.717, 1.165) is 5.56 Å². The number of cyclic esters (lactones) is 1. The van der Waals surface area contributed by atoms with Gasteiger partial charge in [-0.1, -0.05) is 18.2 Å². The Kier molecular flexibility index (Phi) is 5.36. The molecule has 0 unspecified atom stereocenters. The minimum absolute atomic E-state index is 0.182. The molecule has 3 rings (SSSR count). The molecular weight excluding hydrogens is 449 g/mol. The fourth-order valence-electron chi connectivity index (χ4n) is 2.34. The van der Waals surface area contributed by atoms with Gasteiger partial charge in [-0.2, -0.15) is 0 Å². The van der Waals surface area contributed by atoms with Crippen LogP contribution in [-0.4, -0.2) is 24.9 Å². The lowest BCUT2D eigenvalue weighted by molar-refractivity contribution is -0.132. The molecule has 132 valence electrons. The molecule has 26 heavy (non-hydrogen) atoms. The lowest BCUT2D eigenvalue weighted by atomic mass is 10.1. The van der Waals surface area contributed by atoms with E-state index in [4.69, 9.17) is 14.2 Å². The number of carbonyl (C=O) groups is 2. The van der Waals surface area contributed by atoms with Crippen LogP contribution in [0.15, 0.2) is 53.2 Å². The van der Waals surface area contributed by atoms with Crippen molar-refractivity contribution in [1.29, 1.82) is 0 Å². The standard InChI is InChI=1S/C19H14INO5/c1-11(22)25-17-14(20)8-12(10-16(17)24-2)9-15-19(23)26-18(21-15)13-6-4-3-5-7-13/h3-10H,1-2H3/b15-9-. The molecular formula is C19H14INO5. The Labute approximate surface area is 163 Å². The van der Waals surface area contributed by atoms with Crippen molar-refractivity contribution in [3.63, 3.8) is 0 Å². The number of ether oxygens (including phenoxy) is 3. The first-order valence-electron chi connectivity index (χ1n) is 7.62. The van der Waals surface area contributed by atoms with Gasteiger partial charge in [-0.3, -0.25) is 4.79 Å². The summed E-state index contributed by atoms with van der Waals surface area (Å²) in [5, 5.41) is 0. The predicted molar refractivity (Wildman–Crippen MR) is 104 cm³/mol. The fourth-order valence-corrected chi connectivity index (χ4v) is 3.07. The van der Waals surface area contributed by atoms with Crippen LogP contribution in [0.4, 0.5) is 0 Å². The summed E-state index contributed by atoms with van der Waals surface area (Å²) < 4.78 is 16.4. The van der Waals surface area contributed by atoms with E-state index >= 15 is 0 Å². The van der Waals surface area contributed by atoms with Crippen molar-refractivity contribution < 1.29 is 23.8 Å². The molecule has 0 fully saturated rings. The second kappa shape index (κ2) is 7.69. The van der Waals surface area contributed by atoms with Crippen LogP contribution < -0.4 is 9.47 Å². The van der Waals surface area contributed by atoms with Gasteiger partial charge in [0.05, 0.1) is 10.7 Å². The van der Waals surface area contributed by atoms with Gasteiger partial charge in [0, 0.05) is 12.5 Å². The highest BCUT2D eigenvalue weighted by Gasteiger charge is 2.24. The Morgan fingerprint density at radius 1 is 1.23 bits per heavy atom. The van der Waals surface area contributed by atoms with Gasteiger partial charge in [-0.25, -0.2) is 9.79 Å². The molecule has 1 heterocycles. The average Bonchev–Trinajstić information content (AvgIpc) is 2.98. The summed E-state index contributed by atoms with van der Waals surface area (Å²) in [7, 11) is 1.48. The minimum Gasteiger partial charge on any atom is -0.493 e. The Bertz CT molecular complexity index is 934. The van der Waals surface area contributed by atoms with Gasteiger partial charge < -0.3 is 14.2 Å². The highest BCUT2D eigenvalue weighted by molar-refractivity contribution is 14.1. The normalized spacial score (nSPS) is 14.8. The van der Waals surface area contributed by atoms with Crippen molar-refractivity contribution in [2.45, 2.75) is 6.92 Å². The number of rotatable bonds is 4. The van der Waals surface area contributed by atoms with E-state index in [1.165, 1.54) is 14.0 Å². The Balaban J connectivity index is 1.97. The van der Waals surface area contributed by atoms with E-state index in [9.17, 15) is 9.59 Å². The quantitative estimate of drug-likeness (QED) is 0.300. The van der Waals surface area contributed by atoms with Crippen molar-refractivity contribution >= 4 is 46.5 Å². The molecule has 2 aromatic carbocycles. The number of methoxy groups -OCH3 is 1. The van der Waals surface area contributed by atoms with E-state index in [2.05, 4.69) is 4.99 Å². The van der Waals surface area contributed by atoms with E-state index in [-0.39, 0.29) is 11.6 Å². The number of hydrogen-bond donors (Lipinski definition) is 0. The van der Waals surface area contributed by atoms with Crippen LogP contribution in [0.1, 0.15) is 18.1 Å². The van der Waals surface area contributed by atoms with E-state index in [1.54, 1.807) is 18.2 Å². The molecule has 0 spiro atoms. The molecule has 0 saturated carbocycles. The van der Waals surface area contributed by atoms with Gasteiger partial charge in [0.2, 0.25) is 5.90 Å². The Morgan fingerprint density at radius 2 is 1.96 bits per heavy atom. The largest absolute Gasteiger partial charge is 0.493 e. The second-order valence-electron chi connectivity index (χ2n) is 5.33. The van der Waals surface area contributed by atoms with Gasteiger partial charge in [0.25, 0.3) is 0 Å². The van der Waals surface area contributed by atoms with Crippen LogP contribution in [0.5, 0.6) is 11.5 Å². The van der Waals surface area contributed by atoms with E-state index in [0.29, 0.717) is 20.6 Å². The highest BCUT2D eigenvalue weighted by Crippen LogP contribution is 2.35. The fraction of sp³-hybridized carbons (Fsp3) is 0.105. The number of aliphatic imine (C=N–C) groups is 1. The predicted octanol–water partition coefficient (Wildman–Crippen LogP) is 3.57. The van der Waals surface area contributed by atoms with Crippen LogP contribution in [0.25, 0.3) is 6.08 Å². The first kappa shape index (κ1) is 18.1. The van der Waals surface area contributed by atoms with Crippen molar-refractivity contribution in [3.8, 4) is 11.5 Å². The SMILES string of the molecule is COc1cc(/C=C2\N=C(c3ccccc3)OC2=O)cc(I)c1OC(C)=O. The zero-order chi connectivity index (χ0) is 18.7. The van der Waals surface area contributed by atoms with Crippen LogP contribution in [0.3, 0.4) is 0 Å². The monoisotopic (exact) mass is 463 g/mol. The molecule has 1 aliphatic rings. The summed E-state index contributed by atoms with van der Waals surface area (Å²) in [4.78, 5) is 27.6. The van der Waals surface area contributed by atoms with E-state index in [1.807, 2.05) is 52.9 Å². The van der Waals surface area contributed by atoms with Crippen LogP contribution in [0, 0.1) is 3.57 Å². The third kappa shape index (κ3) is 3.93. The van der Waals surface area contributed by atoms with Crippen LogP contribution >= 0.6 is 22.6 Å². The number of nitrogens with zero attached hydrogens (tertiary/aromatic N) is 1. The summed E-state index contributed by atoms with van der Waals surface area (Å²) >= 11 is 2.04. The maximum absolute atomic E-state index is 12.1. The van der Waals surface area contributed by atoms with Crippen molar-refractivity contribution in [3.05, 3.63) is 62.9 Å². The lowest BCUT2D eigenvalue weighted by Gasteiger charge is -2.11. The van der Waals surface area contributed by atoms with Crippen molar-refractivity contribution in [2.75, 3.05) is 7.11 Å². The molecule has 1 aliphatic heterocycles. The van der Waals surface area contributed by atoms with Gasteiger partial charge in [-0.05, 0) is 58.5 Å². The molecule has 0 aromatic heterocycles. The summed E-state index contributed by atoms with van der Waals surface area (Å²) in [5.74, 6) is 0.0218. The average molecular weight is 463 g/mol. The summed E-state index contributed by atoms with van der Waals surface area (Å²) in [6.45, 7) is 1.32. The number of esters is 2. The summed E-state index contributed by atoms with van der Waals surface area (Å²) in [5.41, 5.74) is 1.58. The number of benzene rings is 2. The molecule has 6 nitrogen and oxygen atoms in total.